The number of aromatic nitrogens is 3. The molecule has 0 unspecified atom stereocenters. The van der Waals surface area contributed by atoms with Crippen molar-refractivity contribution in [3.63, 3.8) is 0 Å². The molecule has 48 heavy (non-hydrogen) atoms. The first-order chi connectivity index (χ1) is 23.8. The molecule has 0 atom stereocenters. The van der Waals surface area contributed by atoms with Gasteiger partial charge < -0.3 is 4.42 Å². The normalized spacial score (nSPS) is 12.2. The van der Waals surface area contributed by atoms with E-state index >= 15 is 0 Å². The molecular weight excluding hydrogens is 607 g/mol. The number of nitrogens with zero attached hydrogens (tertiary/aromatic N) is 3. The van der Waals surface area contributed by atoms with Crippen molar-refractivity contribution < 1.29 is 4.42 Å². The van der Waals surface area contributed by atoms with Gasteiger partial charge in [0.05, 0.1) is 0 Å². The Kier molecular flexibility index (Phi) is 5.23. The summed E-state index contributed by atoms with van der Waals surface area (Å²) < 4.78 is 8.79. The SMILES string of the molecule is c1ccc(-c2nc(-c3ccc4c(c3)oc3ccccc34)nc(-c3ccc4sc5c6cccc7c6c(cc5c4c3)-c3ccccc3-7)n2)cc1. The molecule has 0 bridgehead atoms. The van der Waals surface area contributed by atoms with Crippen molar-refractivity contribution in [1.29, 1.82) is 0 Å². The van der Waals surface area contributed by atoms with Crippen LogP contribution in [0.4, 0.5) is 0 Å². The zero-order chi connectivity index (χ0) is 31.3. The maximum absolute atomic E-state index is 6.23. The molecule has 3 aromatic heterocycles. The third-order valence-electron chi connectivity index (χ3n) is 9.66. The van der Waals surface area contributed by atoms with Crippen LogP contribution in [0, 0.1) is 0 Å². The van der Waals surface area contributed by atoms with E-state index in [9.17, 15) is 0 Å². The van der Waals surface area contributed by atoms with Gasteiger partial charge in [0.25, 0.3) is 0 Å². The fourth-order valence-electron chi connectivity index (χ4n) is 7.45. The minimum atomic E-state index is 0.611. The van der Waals surface area contributed by atoms with E-state index in [1.807, 2.05) is 65.9 Å². The number of hydrogen-bond donors (Lipinski definition) is 0. The maximum atomic E-state index is 6.23. The van der Waals surface area contributed by atoms with Crippen LogP contribution in [-0.4, -0.2) is 15.0 Å². The summed E-state index contributed by atoms with van der Waals surface area (Å²) in [5.74, 6) is 1.89. The van der Waals surface area contributed by atoms with Gasteiger partial charge >= 0.3 is 0 Å². The van der Waals surface area contributed by atoms with Crippen molar-refractivity contribution >= 4 is 64.2 Å². The molecule has 0 saturated carbocycles. The quantitative estimate of drug-likeness (QED) is 0.195. The molecule has 3 heterocycles. The predicted molar refractivity (Wildman–Crippen MR) is 198 cm³/mol. The third kappa shape index (κ3) is 3.68. The Morgan fingerprint density at radius 2 is 1.04 bits per heavy atom. The minimum absolute atomic E-state index is 0.611. The summed E-state index contributed by atoms with van der Waals surface area (Å²) in [6.45, 7) is 0. The van der Waals surface area contributed by atoms with E-state index in [0.717, 1.165) is 38.6 Å². The standard InChI is InChI=1S/C43H23N3OS/c1-2-9-24(10-3-1)41-44-42(46-43(45-41)26-17-19-30-29-13-6-7-16-36(29)47-37(30)22-26)25-18-20-38-33(21-25)35-23-34-28-12-5-4-11-27(28)31-14-8-15-32(39(31)34)40(35)48-38/h1-23H. The summed E-state index contributed by atoms with van der Waals surface area (Å²) >= 11 is 1.86. The average Bonchev–Trinajstić information content (AvgIpc) is 3.82. The van der Waals surface area contributed by atoms with Crippen LogP contribution in [0.15, 0.2) is 144 Å². The van der Waals surface area contributed by atoms with Crippen molar-refractivity contribution in [1.82, 2.24) is 15.0 Å². The van der Waals surface area contributed by atoms with Crippen LogP contribution in [0.2, 0.25) is 0 Å². The van der Waals surface area contributed by atoms with Gasteiger partial charge in [-0.1, -0.05) is 97.1 Å². The Labute approximate surface area is 278 Å². The molecule has 0 aliphatic heterocycles. The molecule has 0 radical (unpaired) electrons. The zero-order valence-electron chi connectivity index (χ0n) is 25.4. The molecule has 0 spiro atoms. The van der Waals surface area contributed by atoms with Crippen molar-refractivity contribution in [3.05, 3.63) is 140 Å². The number of rotatable bonds is 3. The summed E-state index contributed by atoms with van der Waals surface area (Å²) in [7, 11) is 0. The van der Waals surface area contributed by atoms with E-state index in [2.05, 4.69) is 84.9 Å². The molecule has 10 aromatic rings. The Hall–Kier alpha value is -6.17. The summed E-state index contributed by atoms with van der Waals surface area (Å²) in [6, 6.07) is 49.0. The first-order valence-electron chi connectivity index (χ1n) is 16.0. The summed E-state index contributed by atoms with van der Waals surface area (Å²) in [5.41, 5.74) is 9.71. The monoisotopic (exact) mass is 629 g/mol. The lowest BCUT2D eigenvalue weighted by atomic mass is 9.99. The van der Waals surface area contributed by atoms with E-state index < -0.39 is 0 Å². The zero-order valence-corrected chi connectivity index (χ0v) is 26.3. The fraction of sp³-hybridized carbons (Fsp3) is 0. The van der Waals surface area contributed by atoms with Gasteiger partial charge in [-0.3, -0.25) is 0 Å². The van der Waals surface area contributed by atoms with Crippen molar-refractivity contribution in [2.45, 2.75) is 0 Å². The summed E-state index contributed by atoms with van der Waals surface area (Å²) in [5, 5.41) is 7.33. The van der Waals surface area contributed by atoms with Crippen LogP contribution in [0.1, 0.15) is 0 Å². The molecule has 0 N–H and O–H groups in total. The highest BCUT2D eigenvalue weighted by Gasteiger charge is 2.24. The van der Waals surface area contributed by atoms with Crippen LogP contribution in [-0.2, 0) is 0 Å². The van der Waals surface area contributed by atoms with Crippen LogP contribution < -0.4 is 0 Å². The van der Waals surface area contributed by atoms with Crippen LogP contribution >= 0.6 is 11.3 Å². The Morgan fingerprint density at radius 3 is 1.90 bits per heavy atom. The van der Waals surface area contributed by atoms with Gasteiger partial charge in [-0.25, -0.2) is 15.0 Å². The Bertz CT molecular complexity index is 2960. The molecule has 222 valence electrons. The summed E-state index contributed by atoms with van der Waals surface area (Å²) in [6.07, 6.45) is 0. The van der Waals surface area contributed by atoms with E-state index in [1.165, 1.54) is 53.2 Å². The van der Waals surface area contributed by atoms with Gasteiger partial charge in [0.2, 0.25) is 0 Å². The van der Waals surface area contributed by atoms with Gasteiger partial charge in [0.15, 0.2) is 17.5 Å². The highest BCUT2D eigenvalue weighted by atomic mass is 32.1. The molecule has 4 nitrogen and oxygen atoms in total. The lowest BCUT2D eigenvalue weighted by Crippen LogP contribution is -2.00. The average molecular weight is 630 g/mol. The van der Waals surface area contributed by atoms with Crippen molar-refractivity contribution in [2.75, 3.05) is 0 Å². The van der Waals surface area contributed by atoms with Gasteiger partial charge in [-0.05, 0) is 70.1 Å². The second-order valence-electron chi connectivity index (χ2n) is 12.4. The van der Waals surface area contributed by atoms with Crippen molar-refractivity contribution in [2.24, 2.45) is 0 Å². The molecule has 0 saturated heterocycles. The van der Waals surface area contributed by atoms with Crippen molar-refractivity contribution in [3.8, 4) is 56.4 Å². The fourth-order valence-corrected chi connectivity index (χ4v) is 8.65. The molecule has 1 aliphatic carbocycles. The number of thiophene rings is 1. The minimum Gasteiger partial charge on any atom is -0.456 e. The highest BCUT2D eigenvalue weighted by Crippen LogP contribution is 2.51. The highest BCUT2D eigenvalue weighted by molar-refractivity contribution is 7.26. The Morgan fingerprint density at radius 1 is 0.396 bits per heavy atom. The number of fused-ring (bicyclic) bond motifs is 10. The molecule has 5 heteroatoms. The number of hydrogen-bond acceptors (Lipinski definition) is 5. The summed E-state index contributed by atoms with van der Waals surface area (Å²) in [4.78, 5) is 15.1. The van der Waals surface area contributed by atoms with Gasteiger partial charge in [-0.15, -0.1) is 11.3 Å². The Balaban J connectivity index is 1.13. The van der Waals surface area contributed by atoms with Crippen LogP contribution in [0.25, 0.3) is 109 Å². The molecule has 0 fully saturated rings. The first kappa shape index (κ1) is 26.0. The van der Waals surface area contributed by atoms with Crippen LogP contribution in [0.3, 0.4) is 0 Å². The van der Waals surface area contributed by atoms with E-state index in [-0.39, 0.29) is 0 Å². The van der Waals surface area contributed by atoms with Gasteiger partial charge in [0, 0.05) is 53.0 Å². The lowest BCUT2D eigenvalue weighted by Gasteiger charge is -2.09. The lowest BCUT2D eigenvalue weighted by molar-refractivity contribution is 0.669. The van der Waals surface area contributed by atoms with E-state index in [1.54, 1.807) is 0 Å². The molecule has 11 rings (SSSR count). The second-order valence-corrected chi connectivity index (χ2v) is 13.4. The van der Waals surface area contributed by atoms with E-state index in [4.69, 9.17) is 19.4 Å². The molecule has 0 amide bonds. The topological polar surface area (TPSA) is 51.8 Å². The third-order valence-corrected chi connectivity index (χ3v) is 10.9. The molecule has 1 aliphatic rings. The number of para-hydroxylation sites is 1. The molecular formula is C43H23N3OS. The predicted octanol–water partition coefficient (Wildman–Crippen LogP) is 11.9. The second kappa shape index (κ2) is 9.67. The first-order valence-corrected chi connectivity index (χ1v) is 16.8. The number of benzene rings is 7. The van der Waals surface area contributed by atoms with Crippen LogP contribution in [0.5, 0.6) is 0 Å². The maximum Gasteiger partial charge on any atom is 0.164 e. The molecule has 7 aromatic carbocycles. The smallest absolute Gasteiger partial charge is 0.164 e. The number of furan rings is 1. The van der Waals surface area contributed by atoms with Gasteiger partial charge in [-0.2, -0.15) is 0 Å². The van der Waals surface area contributed by atoms with Gasteiger partial charge in [0.1, 0.15) is 11.2 Å². The largest absolute Gasteiger partial charge is 0.456 e. The van der Waals surface area contributed by atoms with E-state index in [0.29, 0.717) is 17.5 Å².